The van der Waals surface area contributed by atoms with E-state index in [0.717, 1.165) is 23.8 Å². The Bertz CT molecular complexity index is 745. The molecule has 0 amide bonds. The van der Waals surface area contributed by atoms with Gasteiger partial charge in [0.2, 0.25) is 0 Å². The average molecular weight is 355 g/mol. The summed E-state index contributed by atoms with van der Waals surface area (Å²) >= 11 is 0. The van der Waals surface area contributed by atoms with Crippen LogP contribution in [0.15, 0.2) is 12.1 Å². The zero-order chi connectivity index (χ0) is 17.5. The van der Waals surface area contributed by atoms with E-state index in [1.807, 2.05) is 7.11 Å². The molecular weight excluding hydrogens is 326 g/mol. The minimum absolute atomic E-state index is 0.140. The summed E-state index contributed by atoms with van der Waals surface area (Å²) in [6.07, 6.45) is 8.00. The lowest BCUT2D eigenvalue weighted by Crippen LogP contribution is -2.67. The van der Waals surface area contributed by atoms with E-state index in [1.165, 1.54) is 56.3 Å². The first kappa shape index (κ1) is 15.8. The van der Waals surface area contributed by atoms with Crippen molar-refractivity contribution in [3.05, 3.63) is 23.3 Å². The molecule has 4 unspecified atom stereocenters. The summed E-state index contributed by atoms with van der Waals surface area (Å²) in [5.41, 5.74) is 3.12. The molecule has 6 rings (SSSR count). The van der Waals surface area contributed by atoms with E-state index in [1.54, 1.807) is 7.11 Å². The highest BCUT2D eigenvalue weighted by Gasteiger charge is 2.66. The molecule has 5 atom stereocenters. The molecular formula is C22H29NO3. The van der Waals surface area contributed by atoms with Crippen LogP contribution >= 0.6 is 0 Å². The lowest BCUT2D eigenvalue weighted by Gasteiger charge is -2.59. The standard InChI is InChI=1S/C22H29NO3/c1-24-17-7-5-14-11-16-15-6-8-18(25-2)21-22(15,19(14)20(17)26-21)9-10-23(16)12-13-3-4-13/h5,7,13,15-16,18,21H,3-4,6,8-12H2,1-2H3/t15?,16?,18?,21-,22?/m0/s1. The number of benzene rings is 1. The van der Waals surface area contributed by atoms with Crippen LogP contribution in [0.2, 0.25) is 0 Å². The topological polar surface area (TPSA) is 30.9 Å². The van der Waals surface area contributed by atoms with Gasteiger partial charge in [-0.3, -0.25) is 4.90 Å². The molecule has 1 aromatic carbocycles. The van der Waals surface area contributed by atoms with Gasteiger partial charge in [0.05, 0.1) is 13.2 Å². The number of nitrogens with zero attached hydrogens (tertiary/aromatic N) is 1. The van der Waals surface area contributed by atoms with Gasteiger partial charge in [-0.1, -0.05) is 6.07 Å². The Balaban J connectivity index is 1.51. The molecule has 4 heteroatoms. The van der Waals surface area contributed by atoms with Crippen LogP contribution in [-0.2, 0) is 16.6 Å². The first-order chi connectivity index (χ1) is 12.8. The number of piperidine rings is 1. The molecule has 4 nitrogen and oxygen atoms in total. The number of hydrogen-bond donors (Lipinski definition) is 0. The molecule has 3 aliphatic carbocycles. The number of likely N-dealkylation sites (tertiary alicyclic amines) is 1. The molecule has 2 aliphatic heterocycles. The van der Waals surface area contributed by atoms with Crippen molar-refractivity contribution in [2.45, 2.75) is 62.2 Å². The normalized spacial score (nSPS) is 40.1. The number of ether oxygens (including phenoxy) is 3. The van der Waals surface area contributed by atoms with Crippen LogP contribution in [-0.4, -0.2) is 50.5 Å². The van der Waals surface area contributed by atoms with E-state index in [2.05, 4.69) is 17.0 Å². The fourth-order valence-electron chi connectivity index (χ4n) is 6.83. The van der Waals surface area contributed by atoms with Crippen LogP contribution in [0, 0.1) is 11.8 Å². The van der Waals surface area contributed by atoms with Gasteiger partial charge in [-0.15, -0.1) is 0 Å². The van der Waals surface area contributed by atoms with Crippen molar-refractivity contribution >= 4 is 0 Å². The largest absolute Gasteiger partial charge is 0.493 e. The van der Waals surface area contributed by atoms with Crippen LogP contribution in [0.4, 0.5) is 0 Å². The SMILES string of the molecule is COc1ccc2c3c1O[C@H]1C(OC)CCC4C(C2)N(CC2CC2)CCC341. The monoisotopic (exact) mass is 355 g/mol. The molecule has 0 N–H and O–H groups in total. The molecule has 1 spiro atoms. The van der Waals surface area contributed by atoms with Crippen LogP contribution in [0.25, 0.3) is 0 Å². The van der Waals surface area contributed by atoms with Crippen molar-refractivity contribution < 1.29 is 14.2 Å². The minimum atomic E-state index is 0.140. The Morgan fingerprint density at radius 1 is 1.19 bits per heavy atom. The predicted molar refractivity (Wildman–Crippen MR) is 99.0 cm³/mol. The van der Waals surface area contributed by atoms with Crippen molar-refractivity contribution in [2.24, 2.45) is 11.8 Å². The molecule has 26 heavy (non-hydrogen) atoms. The van der Waals surface area contributed by atoms with E-state index < -0.39 is 0 Å². The highest BCUT2D eigenvalue weighted by Crippen LogP contribution is 2.64. The second-order valence-corrected chi connectivity index (χ2v) is 9.13. The lowest BCUT2D eigenvalue weighted by atomic mass is 9.51. The first-order valence-electron chi connectivity index (χ1n) is 10.4. The van der Waals surface area contributed by atoms with Gasteiger partial charge < -0.3 is 14.2 Å². The highest BCUT2D eigenvalue weighted by atomic mass is 16.6. The highest BCUT2D eigenvalue weighted by molar-refractivity contribution is 5.61. The Morgan fingerprint density at radius 3 is 2.85 bits per heavy atom. The van der Waals surface area contributed by atoms with E-state index in [0.29, 0.717) is 12.0 Å². The third kappa shape index (κ3) is 1.87. The maximum atomic E-state index is 6.66. The molecule has 0 aromatic heterocycles. The zero-order valence-electron chi connectivity index (χ0n) is 15.9. The van der Waals surface area contributed by atoms with Gasteiger partial charge in [0.25, 0.3) is 0 Å². The summed E-state index contributed by atoms with van der Waals surface area (Å²) < 4.78 is 18.3. The van der Waals surface area contributed by atoms with Gasteiger partial charge in [-0.2, -0.15) is 0 Å². The van der Waals surface area contributed by atoms with Crippen LogP contribution in [0.1, 0.15) is 43.2 Å². The summed E-state index contributed by atoms with van der Waals surface area (Å²) in [6, 6.07) is 5.11. The van der Waals surface area contributed by atoms with Crippen LogP contribution in [0.5, 0.6) is 11.5 Å². The summed E-state index contributed by atoms with van der Waals surface area (Å²) in [6.45, 7) is 2.53. The fourth-order valence-corrected chi connectivity index (χ4v) is 6.83. The van der Waals surface area contributed by atoms with Crippen molar-refractivity contribution in [2.75, 3.05) is 27.3 Å². The average Bonchev–Trinajstić information content (AvgIpc) is 3.41. The Labute approximate surface area is 155 Å². The molecule has 1 aromatic rings. The zero-order valence-corrected chi connectivity index (χ0v) is 15.9. The van der Waals surface area contributed by atoms with E-state index in [-0.39, 0.29) is 17.6 Å². The van der Waals surface area contributed by atoms with Crippen LogP contribution < -0.4 is 9.47 Å². The van der Waals surface area contributed by atoms with Crippen molar-refractivity contribution in [1.29, 1.82) is 0 Å². The summed E-state index contributed by atoms with van der Waals surface area (Å²) in [4.78, 5) is 2.84. The van der Waals surface area contributed by atoms with Gasteiger partial charge in [-0.05, 0) is 68.5 Å². The van der Waals surface area contributed by atoms with Crippen molar-refractivity contribution in [3.8, 4) is 11.5 Å². The maximum Gasteiger partial charge on any atom is 0.165 e. The lowest BCUT2D eigenvalue weighted by molar-refractivity contribution is -0.116. The smallest absolute Gasteiger partial charge is 0.165 e. The third-order valence-electron chi connectivity index (χ3n) is 8.07. The molecule has 1 saturated heterocycles. The van der Waals surface area contributed by atoms with Crippen LogP contribution in [0.3, 0.4) is 0 Å². The first-order valence-corrected chi connectivity index (χ1v) is 10.4. The van der Waals surface area contributed by atoms with Gasteiger partial charge in [0.1, 0.15) is 6.10 Å². The summed E-state index contributed by atoms with van der Waals surface area (Å²) in [5, 5.41) is 0. The van der Waals surface area contributed by atoms with E-state index in [9.17, 15) is 0 Å². The van der Waals surface area contributed by atoms with Gasteiger partial charge in [0.15, 0.2) is 11.5 Å². The number of hydrogen-bond acceptors (Lipinski definition) is 4. The summed E-state index contributed by atoms with van der Waals surface area (Å²) in [7, 11) is 3.62. The second kappa shape index (κ2) is 5.39. The maximum absolute atomic E-state index is 6.66. The van der Waals surface area contributed by atoms with Crippen molar-refractivity contribution in [3.63, 3.8) is 0 Å². The Morgan fingerprint density at radius 2 is 2.08 bits per heavy atom. The Kier molecular flexibility index (Phi) is 3.27. The van der Waals surface area contributed by atoms with E-state index in [4.69, 9.17) is 14.2 Å². The van der Waals surface area contributed by atoms with Gasteiger partial charge >= 0.3 is 0 Å². The van der Waals surface area contributed by atoms with Crippen molar-refractivity contribution in [1.82, 2.24) is 4.90 Å². The molecule has 2 saturated carbocycles. The Hall–Kier alpha value is -1.26. The third-order valence-corrected chi connectivity index (χ3v) is 8.07. The predicted octanol–water partition coefficient (Wildman–Crippen LogP) is 3.16. The van der Waals surface area contributed by atoms with E-state index >= 15 is 0 Å². The summed E-state index contributed by atoms with van der Waals surface area (Å²) in [5.74, 6) is 3.59. The van der Waals surface area contributed by atoms with Gasteiger partial charge in [-0.25, -0.2) is 0 Å². The minimum Gasteiger partial charge on any atom is -0.493 e. The number of methoxy groups -OCH3 is 2. The fraction of sp³-hybridized carbons (Fsp3) is 0.727. The quantitative estimate of drug-likeness (QED) is 0.830. The second-order valence-electron chi connectivity index (χ2n) is 9.13. The molecule has 3 fully saturated rings. The van der Waals surface area contributed by atoms with Gasteiger partial charge in [0, 0.05) is 30.7 Å². The molecule has 5 aliphatic rings. The number of rotatable bonds is 4. The molecule has 2 bridgehead atoms. The molecule has 2 heterocycles. The molecule has 0 radical (unpaired) electrons. The molecule has 140 valence electrons.